The maximum Gasteiger partial charge on any atom is 0.111 e. The monoisotopic (exact) mass is 262 g/mol. The van der Waals surface area contributed by atoms with Crippen LogP contribution in [0.3, 0.4) is 0 Å². The van der Waals surface area contributed by atoms with Gasteiger partial charge in [-0.15, -0.1) is 11.8 Å². The molecule has 0 bridgehead atoms. The molecule has 0 fully saturated rings. The highest BCUT2D eigenvalue weighted by molar-refractivity contribution is 8.00. The molecule has 2 aliphatic heterocycles. The third-order valence-electron chi connectivity index (χ3n) is 3.49. The fraction of sp³-hybridized carbons (Fsp3) is 0.429. The smallest absolute Gasteiger partial charge is 0.111 e. The van der Waals surface area contributed by atoms with Crippen molar-refractivity contribution in [2.75, 3.05) is 6.61 Å². The van der Waals surface area contributed by atoms with Crippen LogP contribution in [0.1, 0.15) is 18.4 Å². The Labute approximate surface area is 112 Å². The average molecular weight is 262 g/mol. The minimum Gasteiger partial charge on any atom is -0.496 e. The van der Waals surface area contributed by atoms with Crippen molar-refractivity contribution in [2.45, 2.75) is 35.4 Å². The summed E-state index contributed by atoms with van der Waals surface area (Å²) in [6, 6.07) is 8.69. The fourth-order valence-corrected chi connectivity index (χ4v) is 3.96. The average Bonchev–Trinajstić information content (AvgIpc) is 2.84. The second kappa shape index (κ2) is 5.34. The van der Waals surface area contributed by atoms with E-state index in [1.54, 1.807) is 0 Å². The largest absolute Gasteiger partial charge is 0.496 e. The predicted molar refractivity (Wildman–Crippen MR) is 74.2 cm³/mol. The minimum absolute atomic E-state index is 0.114. The van der Waals surface area contributed by atoms with Crippen molar-refractivity contribution < 1.29 is 4.74 Å². The topological polar surface area (TPSA) is 47.3 Å². The van der Waals surface area contributed by atoms with Gasteiger partial charge in [0.2, 0.25) is 0 Å². The van der Waals surface area contributed by atoms with E-state index >= 15 is 0 Å². The molecule has 0 saturated heterocycles. The van der Waals surface area contributed by atoms with Crippen molar-refractivity contribution in [3.63, 3.8) is 0 Å². The molecule has 18 heavy (non-hydrogen) atoms. The second-order valence-corrected chi connectivity index (χ2v) is 5.99. The molecule has 2 aliphatic rings. The molecule has 0 aliphatic carbocycles. The zero-order valence-corrected chi connectivity index (χ0v) is 11.1. The summed E-state index contributed by atoms with van der Waals surface area (Å²) in [7, 11) is 0. The van der Waals surface area contributed by atoms with E-state index in [1.807, 2.05) is 11.8 Å². The number of fused-ring (bicyclic) bond motifs is 1. The SMILES string of the molecule is NNC(C1=CCCCO1)C1Cc2ccccc2S1. The van der Waals surface area contributed by atoms with E-state index in [2.05, 4.69) is 35.8 Å². The lowest BCUT2D eigenvalue weighted by atomic mass is 10.0. The van der Waals surface area contributed by atoms with E-state index < -0.39 is 0 Å². The number of thioether (sulfide) groups is 1. The van der Waals surface area contributed by atoms with Crippen LogP contribution in [0.15, 0.2) is 41.0 Å². The molecule has 0 saturated carbocycles. The van der Waals surface area contributed by atoms with Crippen LogP contribution in [-0.2, 0) is 11.2 Å². The first kappa shape index (κ1) is 12.1. The summed E-state index contributed by atoms with van der Waals surface area (Å²) in [5, 5.41) is 0.428. The highest BCUT2D eigenvalue weighted by atomic mass is 32.2. The van der Waals surface area contributed by atoms with E-state index in [1.165, 1.54) is 10.5 Å². The fourth-order valence-electron chi connectivity index (χ4n) is 2.56. The lowest BCUT2D eigenvalue weighted by Gasteiger charge is -2.27. The molecule has 3 rings (SSSR count). The van der Waals surface area contributed by atoms with E-state index in [0.717, 1.165) is 31.6 Å². The number of allylic oxidation sites excluding steroid dienone is 1. The van der Waals surface area contributed by atoms with Gasteiger partial charge in [-0.05, 0) is 37.0 Å². The van der Waals surface area contributed by atoms with Crippen LogP contribution >= 0.6 is 11.8 Å². The molecular weight excluding hydrogens is 244 g/mol. The molecule has 0 spiro atoms. The lowest BCUT2D eigenvalue weighted by molar-refractivity contribution is 0.166. The first-order chi connectivity index (χ1) is 8.88. The van der Waals surface area contributed by atoms with Crippen LogP contribution in [-0.4, -0.2) is 17.9 Å². The van der Waals surface area contributed by atoms with Crippen molar-refractivity contribution in [3.8, 4) is 0 Å². The standard InChI is InChI=1S/C14H18N2OS/c15-16-14(11-6-3-4-8-17-11)13-9-10-5-1-2-7-12(10)18-13/h1-2,5-7,13-14,16H,3-4,8-9,15H2. The molecule has 3 nitrogen and oxygen atoms in total. The van der Waals surface area contributed by atoms with Gasteiger partial charge in [0.25, 0.3) is 0 Å². The van der Waals surface area contributed by atoms with Crippen molar-refractivity contribution in [2.24, 2.45) is 5.84 Å². The molecule has 4 heteroatoms. The Bertz CT molecular complexity index is 436. The molecule has 0 amide bonds. The highest BCUT2D eigenvalue weighted by Gasteiger charge is 2.32. The molecule has 1 aromatic rings. The zero-order valence-electron chi connectivity index (χ0n) is 10.3. The van der Waals surface area contributed by atoms with Gasteiger partial charge in [0.1, 0.15) is 5.76 Å². The van der Waals surface area contributed by atoms with Crippen molar-refractivity contribution in [1.29, 1.82) is 0 Å². The summed E-state index contributed by atoms with van der Waals surface area (Å²) in [6.07, 6.45) is 5.44. The molecule has 3 N–H and O–H groups in total. The summed E-state index contributed by atoms with van der Waals surface area (Å²) >= 11 is 1.90. The van der Waals surface area contributed by atoms with E-state index in [4.69, 9.17) is 10.6 Å². The number of ether oxygens (including phenoxy) is 1. The van der Waals surface area contributed by atoms with Crippen LogP contribution < -0.4 is 11.3 Å². The number of nitrogens with one attached hydrogen (secondary N) is 1. The molecule has 96 valence electrons. The summed E-state index contributed by atoms with van der Waals surface area (Å²) < 4.78 is 5.75. The van der Waals surface area contributed by atoms with Gasteiger partial charge >= 0.3 is 0 Å². The van der Waals surface area contributed by atoms with Crippen LogP contribution in [0, 0.1) is 0 Å². The van der Waals surface area contributed by atoms with Gasteiger partial charge in [-0.3, -0.25) is 5.84 Å². The van der Waals surface area contributed by atoms with Gasteiger partial charge < -0.3 is 4.74 Å². The van der Waals surface area contributed by atoms with Gasteiger partial charge in [0.05, 0.1) is 12.6 Å². The molecular formula is C14H18N2OS. The summed E-state index contributed by atoms with van der Waals surface area (Å²) in [5.41, 5.74) is 4.35. The molecule has 2 atom stereocenters. The zero-order chi connectivity index (χ0) is 12.4. The minimum atomic E-state index is 0.114. The first-order valence-electron chi connectivity index (χ1n) is 6.42. The van der Waals surface area contributed by atoms with Gasteiger partial charge in [0, 0.05) is 10.1 Å². The Hall–Kier alpha value is -0.970. The van der Waals surface area contributed by atoms with Crippen molar-refractivity contribution in [1.82, 2.24) is 5.43 Å². The Kier molecular flexibility index (Phi) is 3.59. The Morgan fingerprint density at radius 1 is 1.39 bits per heavy atom. The van der Waals surface area contributed by atoms with Crippen molar-refractivity contribution in [3.05, 3.63) is 41.7 Å². The van der Waals surface area contributed by atoms with Crippen LogP contribution in [0.5, 0.6) is 0 Å². The first-order valence-corrected chi connectivity index (χ1v) is 7.30. The third-order valence-corrected chi connectivity index (χ3v) is 4.89. The Morgan fingerprint density at radius 3 is 3.00 bits per heavy atom. The van der Waals surface area contributed by atoms with Crippen LogP contribution in [0.2, 0.25) is 0 Å². The van der Waals surface area contributed by atoms with Crippen molar-refractivity contribution >= 4 is 11.8 Å². The summed E-state index contributed by atoms with van der Waals surface area (Å²) in [4.78, 5) is 1.37. The number of nitrogens with two attached hydrogens (primary N) is 1. The second-order valence-electron chi connectivity index (χ2n) is 4.71. The Morgan fingerprint density at radius 2 is 2.28 bits per heavy atom. The van der Waals surface area contributed by atoms with Crippen LogP contribution in [0.25, 0.3) is 0 Å². The molecule has 0 radical (unpaired) electrons. The van der Waals surface area contributed by atoms with E-state index in [9.17, 15) is 0 Å². The maximum absolute atomic E-state index is 5.75. The third kappa shape index (κ3) is 2.28. The highest BCUT2D eigenvalue weighted by Crippen LogP contribution is 2.40. The molecule has 0 aromatic heterocycles. The summed E-state index contributed by atoms with van der Waals surface area (Å²) in [6.45, 7) is 0.814. The Balaban J connectivity index is 1.77. The quantitative estimate of drug-likeness (QED) is 0.648. The maximum atomic E-state index is 5.75. The van der Waals surface area contributed by atoms with Gasteiger partial charge in [0.15, 0.2) is 0 Å². The van der Waals surface area contributed by atoms with E-state index in [-0.39, 0.29) is 6.04 Å². The molecule has 1 aromatic carbocycles. The lowest BCUT2D eigenvalue weighted by Crippen LogP contribution is -2.45. The number of benzene rings is 1. The van der Waals surface area contributed by atoms with E-state index in [0.29, 0.717) is 5.25 Å². The number of hydrazine groups is 1. The molecule has 2 unspecified atom stereocenters. The molecule has 2 heterocycles. The predicted octanol–water partition coefficient (Wildman–Crippen LogP) is 2.23. The normalized spacial score (nSPS) is 24.1. The van der Waals surface area contributed by atoms with Gasteiger partial charge in [-0.2, -0.15) is 0 Å². The van der Waals surface area contributed by atoms with Gasteiger partial charge in [-0.25, -0.2) is 5.43 Å². The number of rotatable bonds is 3. The number of hydrogen-bond acceptors (Lipinski definition) is 4. The van der Waals surface area contributed by atoms with Gasteiger partial charge in [-0.1, -0.05) is 18.2 Å². The summed E-state index contributed by atoms with van der Waals surface area (Å²) in [5.74, 6) is 6.76. The number of hydrogen-bond donors (Lipinski definition) is 2. The van der Waals surface area contributed by atoms with Crippen LogP contribution in [0.4, 0.5) is 0 Å².